The van der Waals surface area contributed by atoms with Gasteiger partial charge in [0.2, 0.25) is 0 Å². The summed E-state index contributed by atoms with van der Waals surface area (Å²) in [7, 11) is 2.20. The summed E-state index contributed by atoms with van der Waals surface area (Å²) in [4.78, 5) is 2.40. The largest absolute Gasteiger partial charge is 0.306 e. The molecule has 0 N–H and O–H groups in total. The summed E-state index contributed by atoms with van der Waals surface area (Å²) in [5.41, 5.74) is 8.15. The number of likely N-dealkylation sites (tertiary alicyclic amines) is 1. The molecule has 0 aromatic heterocycles. The summed E-state index contributed by atoms with van der Waals surface area (Å²) in [5, 5.41) is 0. The van der Waals surface area contributed by atoms with E-state index in [2.05, 4.69) is 145 Å². The Labute approximate surface area is 266 Å². The molecule has 0 amide bonds. The minimum atomic E-state index is 1.03. The zero-order valence-corrected chi connectivity index (χ0v) is 28.7. The maximum absolute atomic E-state index is 2.40. The molecule has 5 rings (SSSR count). The van der Waals surface area contributed by atoms with Gasteiger partial charge in [-0.2, -0.15) is 0 Å². The molecule has 4 aromatic carbocycles. The highest BCUT2D eigenvalue weighted by Crippen LogP contribution is 2.24. The SMILES string of the molecule is CC.CC.CC.CC.CN1CCC(=CC=C(c2ccccc2)c2ccccc2)CC1.c1ccc(Cc2ccccc2)cc1. The molecule has 1 aliphatic rings. The van der Waals surface area contributed by atoms with Gasteiger partial charge in [-0.05, 0) is 54.1 Å². The van der Waals surface area contributed by atoms with Crippen LogP contribution in [0.15, 0.2) is 139 Å². The molecular formula is C42H59N. The fourth-order valence-electron chi connectivity index (χ4n) is 4.30. The number of benzene rings is 4. The molecule has 4 aromatic rings. The topological polar surface area (TPSA) is 3.24 Å². The molecule has 1 nitrogen and oxygen atoms in total. The summed E-state index contributed by atoms with van der Waals surface area (Å²) in [6.45, 7) is 18.3. The van der Waals surface area contributed by atoms with Gasteiger partial charge in [-0.25, -0.2) is 0 Å². The molecule has 1 fully saturated rings. The highest BCUT2D eigenvalue weighted by atomic mass is 15.1. The minimum Gasteiger partial charge on any atom is -0.306 e. The van der Waals surface area contributed by atoms with Crippen molar-refractivity contribution >= 4 is 5.57 Å². The smallest absolute Gasteiger partial charge is 0.00158 e. The van der Waals surface area contributed by atoms with Crippen LogP contribution >= 0.6 is 0 Å². The number of hydrogen-bond acceptors (Lipinski definition) is 1. The monoisotopic (exact) mass is 577 g/mol. The lowest BCUT2D eigenvalue weighted by Gasteiger charge is -2.23. The lowest BCUT2D eigenvalue weighted by Crippen LogP contribution is -2.26. The average molecular weight is 578 g/mol. The standard InChI is InChI=1S/C21H23N.C13H12.4C2H6/c1-22-16-14-18(15-17-22)12-13-21(19-8-4-2-5-9-19)20-10-6-3-7-11-20;1-3-7-12(8-4-1)11-13-9-5-2-6-10-13;4*1-2/h2-13H,14-17H2,1H3;1-10H,11H2;4*1-2H3. The van der Waals surface area contributed by atoms with E-state index in [9.17, 15) is 0 Å². The third-order valence-corrected chi connectivity index (χ3v) is 6.38. The Morgan fingerprint density at radius 3 is 1.19 bits per heavy atom. The van der Waals surface area contributed by atoms with E-state index in [1.54, 1.807) is 5.57 Å². The predicted octanol–water partition coefficient (Wildman–Crippen LogP) is 12.2. The third kappa shape index (κ3) is 16.5. The summed E-state index contributed by atoms with van der Waals surface area (Å²) >= 11 is 0. The van der Waals surface area contributed by atoms with Crippen LogP contribution in [-0.4, -0.2) is 25.0 Å². The maximum atomic E-state index is 2.40. The second kappa shape index (κ2) is 27.2. The van der Waals surface area contributed by atoms with Gasteiger partial charge in [0.15, 0.2) is 0 Å². The Balaban J connectivity index is 0.000000717. The first-order chi connectivity index (χ1) is 21.3. The lowest BCUT2D eigenvalue weighted by molar-refractivity contribution is 0.312. The van der Waals surface area contributed by atoms with Crippen molar-refractivity contribution in [3.63, 3.8) is 0 Å². The van der Waals surface area contributed by atoms with Crippen LogP contribution in [0.25, 0.3) is 5.57 Å². The highest BCUT2D eigenvalue weighted by molar-refractivity contribution is 5.80. The van der Waals surface area contributed by atoms with E-state index in [1.165, 1.54) is 53.8 Å². The molecule has 0 atom stereocenters. The molecule has 1 saturated heterocycles. The van der Waals surface area contributed by atoms with Crippen molar-refractivity contribution in [2.24, 2.45) is 0 Å². The molecule has 0 unspecified atom stereocenters. The second-order valence-electron chi connectivity index (χ2n) is 9.09. The van der Waals surface area contributed by atoms with Crippen LogP contribution in [0.2, 0.25) is 0 Å². The number of nitrogens with zero attached hydrogens (tertiary/aromatic N) is 1. The van der Waals surface area contributed by atoms with Crippen LogP contribution in [0.4, 0.5) is 0 Å². The van der Waals surface area contributed by atoms with Gasteiger partial charge in [-0.1, -0.05) is 194 Å². The Bertz CT molecular complexity index is 1100. The fraction of sp³-hybridized carbons (Fsp3) is 0.333. The van der Waals surface area contributed by atoms with Crippen molar-refractivity contribution < 1.29 is 0 Å². The molecule has 1 heteroatoms. The average Bonchev–Trinajstić information content (AvgIpc) is 3.11. The van der Waals surface area contributed by atoms with Crippen molar-refractivity contribution in [1.29, 1.82) is 0 Å². The van der Waals surface area contributed by atoms with Crippen molar-refractivity contribution in [2.75, 3.05) is 20.1 Å². The van der Waals surface area contributed by atoms with Gasteiger partial charge in [0.1, 0.15) is 0 Å². The lowest BCUT2D eigenvalue weighted by atomic mass is 9.96. The number of allylic oxidation sites excluding steroid dienone is 2. The summed E-state index contributed by atoms with van der Waals surface area (Å²) < 4.78 is 0. The van der Waals surface area contributed by atoms with Gasteiger partial charge >= 0.3 is 0 Å². The highest BCUT2D eigenvalue weighted by Gasteiger charge is 2.09. The van der Waals surface area contributed by atoms with Crippen LogP contribution < -0.4 is 0 Å². The molecule has 1 heterocycles. The van der Waals surface area contributed by atoms with Crippen LogP contribution in [0.1, 0.15) is 90.5 Å². The molecule has 0 radical (unpaired) electrons. The molecule has 0 spiro atoms. The molecule has 232 valence electrons. The van der Waals surface area contributed by atoms with E-state index in [1.807, 2.05) is 55.4 Å². The summed E-state index contributed by atoms with van der Waals surface area (Å²) in [5.74, 6) is 0. The van der Waals surface area contributed by atoms with Crippen molar-refractivity contribution in [3.8, 4) is 0 Å². The zero-order valence-electron chi connectivity index (χ0n) is 28.7. The molecule has 0 bridgehead atoms. The van der Waals surface area contributed by atoms with Crippen LogP contribution in [-0.2, 0) is 6.42 Å². The van der Waals surface area contributed by atoms with Crippen LogP contribution in [0, 0.1) is 0 Å². The summed E-state index contributed by atoms with van der Waals surface area (Å²) in [6, 6.07) is 42.4. The van der Waals surface area contributed by atoms with E-state index < -0.39 is 0 Å². The van der Waals surface area contributed by atoms with E-state index in [0.29, 0.717) is 0 Å². The molecule has 1 aliphatic heterocycles. The molecule has 43 heavy (non-hydrogen) atoms. The van der Waals surface area contributed by atoms with Gasteiger partial charge < -0.3 is 4.90 Å². The van der Waals surface area contributed by atoms with Crippen molar-refractivity contribution in [1.82, 2.24) is 4.90 Å². The van der Waals surface area contributed by atoms with E-state index in [-0.39, 0.29) is 0 Å². The van der Waals surface area contributed by atoms with Crippen LogP contribution in [0.3, 0.4) is 0 Å². The third-order valence-electron chi connectivity index (χ3n) is 6.38. The predicted molar refractivity (Wildman–Crippen MR) is 196 cm³/mol. The molecular weight excluding hydrogens is 518 g/mol. The summed E-state index contributed by atoms with van der Waals surface area (Å²) in [6.07, 6.45) is 8.03. The number of piperidine rings is 1. The Morgan fingerprint density at radius 1 is 0.512 bits per heavy atom. The van der Waals surface area contributed by atoms with E-state index >= 15 is 0 Å². The Hall–Kier alpha value is -3.68. The maximum Gasteiger partial charge on any atom is 0.00158 e. The van der Waals surface area contributed by atoms with Gasteiger partial charge in [0.25, 0.3) is 0 Å². The normalized spacial score (nSPS) is 11.4. The molecule has 0 aliphatic carbocycles. The van der Waals surface area contributed by atoms with E-state index in [0.717, 1.165) is 6.42 Å². The van der Waals surface area contributed by atoms with Gasteiger partial charge in [-0.15, -0.1) is 0 Å². The van der Waals surface area contributed by atoms with Gasteiger partial charge in [-0.3, -0.25) is 0 Å². The van der Waals surface area contributed by atoms with Crippen molar-refractivity contribution in [3.05, 3.63) is 161 Å². The minimum absolute atomic E-state index is 1.03. The fourth-order valence-corrected chi connectivity index (χ4v) is 4.30. The van der Waals surface area contributed by atoms with Crippen molar-refractivity contribution in [2.45, 2.75) is 74.7 Å². The second-order valence-corrected chi connectivity index (χ2v) is 9.09. The first-order valence-corrected chi connectivity index (χ1v) is 16.5. The first-order valence-electron chi connectivity index (χ1n) is 16.5. The number of hydrogen-bond donors (Lipinski definition) is 0. The Kier molecular flexibility index (Phi) is 24.8. The van der Waals surface area contributed by atoms with Crippen LogP contribution in [0.5, 0.6) is 0 Å². The quantitative estimate of drug-likeness (QED) is 0.228. The first kappa shape index (κ1) is 39.3. The molecule has 0 saturated carbocycles. The van der Waals surface area contributed by atoms with E-state index in [4.69, 9.17) is 0 Å². The zero-order chi connectivity index (χ0) is 32.1. The van der Waals surface area contributed by atoms with Gasteiger partial charge in [0.05, 0.1) is 0 Å². The number of rotatable bonds is 5. The Morgan fingerprint density at radius 2 is 0.837 bits per heavy atom. The van der Waals surface area contributed by atoms with Gasteiger partial charge in [0, 0.05) is 13.1 Å².